The van der Waals surface area contributed by atoms with Crippen LogP contribution in [0.3, 0.4) is 0 Å². The highest BCUT2D eigenvalue weighted by atomic mass is 16.3. The molecule has 1 fully saturated rings. The van der Waals surface area contributed by atoms with E-state index in [1.165, 1.54) is 18.4 Å². The number of rotatable bonds is 4. The molecule has 0 radical (unpaired) electrons. The van der Waals surface area contributed by atoms with Crippen LogP contribution in [0.4, 0.5) is 5.95 Å². The number of nitrogens with zero attached hydrogens (tertiary/aromatic N) is 5. The average Bonchev–Trinajstić information content (AvgIpc) is 2.93. The molecule has 1 atom stereocenters. The Bertz CT molecular complexity index is 688. The number of anilines is 1. The van der Waals surface area contributed by atoms with Crippen molar-refractivity contribution in [3.8, 4) is 0 Å². The van der Waals surface area contributed by atoms with Gasteiger partial charge in [0.25, 0.3) is 6.47 Å². The van der Waals surface area contributed by atoms with Crippen LogP contribution in [0.15, 0.2) is 18.5 Å². The maximum absolute atomic E-state index is 8.36. The van der Waals surface area contributed by atoms with Crippen LogP contribution in [0.25, 0.3) is 0 Å². The second-order valence-electron chi connectivity index (χ2n) is 6.06. The molecule has 136 valence electrons. The van der Waals surface area contributed by atoms with Crippen LogP contribution in [0.1, 0.15) is 42.3 Å². The summed E-state index contributed by atoms with van der Waals surface area (Å²) in [6, 6.07) is 2.41. The van der Waals surface area contributed by atoms with Gasteiger partial charge in [0.2, 0.25) is 5.95 Å². The van der Waals surface area contributed by atoms with Crippen molar-refractivity contribution in [2.45, 2.75) is 38.8 Å². The second-order valence-corrected chi connectivity index (χ2v) is 6.06. The molecule has 8 heteroatoms. The SMILES string of the molecule is CNc1nccc(C2CCCCN2Cc2cn(C)nc2C)n1.O=CO. The molecule has 8 nitrogen and oxygen atoms in total. The molecular weight excluding hydrogens is 320 g/mol. The molecule has 2 N–H and O–H groups in total. The van der Waals surface area contributed by atoms with E-state index in [0.29, 0.717) is 12.0 Å². The zero-order valence-electron chi connectivity index (χ0n) is 15.0. The molecule has 0 bridgehead atoms. The summed E-state index contributed by atoms with van der Waals surface area (Å²) in [7, 11) is 3.84. The molecular formula is C17H26N6O2. The van der Waals surface area contributed by atoms with Crippen LogP contribution in [-0.4, -0.2) is 49.8 Å². The number of hydrogen-bond acceptors (Lipinski definition) is 6. The number of aromatic nitrogens is 4. The van der Waals surface area contributed by atoms with Gasteiger partial charge in [0, 0.05) is 38.6 Å². The highest BCUT2D eigenvalue weighted by molar-refractivity contribution is 5.32. The molecule has 1 aliphatic rings. The molecule has 2 aromatic heterocycles. The number of carbonyl (C=O) groups is 1. The normalized spacial score (nSPS) is 17.5. The predicted molar refractivity (Wildman–Crippen MR) is 95.2 cm³/mol. The van der Waals surface area contributed by atoms with Gasteiger partial charge in [-0.3, -0.25) is 14.4 Å². The van der Waals surface area contributed by atoms with Crippen LogP contribution < -0.4 is 5.32 Å². The Kier molecular flexibility index (Phi) is 6.88. The van der Waals surface area contributed by atoms with Crippen molar-refractivity contribution in [1.29, 1.82) is 0 Å². The molecule has 1 unspecified atom stereocenters. The number of carboxylic acid groups (broad SMARTS) is 1. The summed E-state index contributed by atoms with van der Waals surface area (Å²) in [5.41, 5.74) is 3.53. The zero-order chi connectivity index (χ0) is 18.2. The van der Waals surface area contributed by atoms with Crippen LogP contribution in [0, 0.1) is 6.92 Å². The minimum absolute atomic E-state index is 0.250. The Hall–Kier alpha value is -2.48. The molecule has 0 spiro atoms. The fraction of sp³-hybridized carbons (Fsp3) is 0.529. The molecule has 1 aliphatic heterocycles. The molecule has 0 aliphatic carbocycles. The van der Waals surface area contributed by atoms with Crippen molar-refractivity contribution >= 4 is 12.4 Å². The highest BCUT2D eigenvalue weighted by Crippen LogP contribution is 2.31. The lowest BCUT2D eigenvalue weighted by Gasteiger charge is -2.35. The first kappa shape index (κ1) is 18.9. The first-order chi connectivity index (χ1) is 12.1. The van der Waals surface area contributed by atoms with Crippen molar-refractivity contribution < 1.29 is 9.90 Å². The summed E-state index contributed by atoms with van der Waals surface area (Å²) < 4.78 is 1.90. The quantitative estimate of drug-likeness (QED) is 0.817. The van der Waals surface area contributed by atoms with Gasteiger partial charge < -0.3 is 10.4 Å². The summed E-state index contributed by atoms with van der Waals surface area (Å²) in [5.74, 6) is 0.695. The molecule has 2 aromatic rings. The van der Waals surface area contributed by atoms with Crippen LogP contribution >= 0.6 is 0 Å². The number of likely N-dealkylation sites (tertiary alicyclic amines) is 1. The van der Waals surface area contributed by atoms with Crippen molar-refractivity contribution in [3.63, 3.8) is 0 Å². The fourth-order valence-electron chi connectivity index (χ4n) is 3.22. The molecule has 0 saturated carbocycles. The zero-order valence-corrected chi connectivity index (χ0v) is 15.0. The van der Waals surface area contributed by atoms with Gasteiger partial charge in [-0.1, -0.05) is 6.42 Å². The van der Waals surface area contributed by atoms with E-state index in [1.54, 1.807) is 0 Å². The van der Waals surface area contributed by atoms with Gasteiger partial charge in [0.05, 0.1) is 17.4 Å². The maximum atomic E-state index is 8.36. The Morgan fingerprint density at radius 1 is 1.44 bits per heavy atom. The van der Waals surface area contributed by atoms with Gasteiger partial charge in [-0.25, -0.2) is 9.97 Å². The van der Waals surface area contributed by atoms with Gasteiger partial charge in [-0.05, 0) is 32.4 Å². The summed E-state index contributed by atoms with van der Waals surface area (Å²) in [6.45, 7) is 3.87. The Morgan fingerprint density at radius 2 is 2.20 bits per heavy atom. The van der Waals surface area contributed by atoms with E-state index >= 15 is 0 Å². The third kappa shape index (κ3) is 4.99. The minimum atomic E-state index is -0.250. The molecule has 3 heterocycles. The average molecular weight is 346 g/mol. The smallest absolute Gasteiger partial charge is 0.290 e. The molecule has 3 rings (SSSR count). The summed E-state index contributed by atoms with van der Waals surface area (Å²) >= 11 is 0. The van der Waals surface area contributed by atoms with Gasteiger partial charge in [0.1, 0.15) is 0 Å². The van der Waals surface area contributed by atoms with Gasteiger partial charge >= 0.3 is 0 Å². The molecule has 25 heavy (non-hydrogen) atoms. The third-order valence-corrected chi connectivity index (χ3v) is 4.34. The predicted octanol–water partition coefficient (Wildman–Crippen LogP) is 1.99. The first-order valence-corrected chi connectivity index (χ1v) is 8.40. The van der Waals surface area contributed by atoms with E-state index in [-0.39, 0.29) is 6.47 Å². The van der Waals surface area contributed by atoms with Crippen molar-refractivity contribution in [2.24, 2.45) is 7.05 Å². The van der Waals surface area contributed by atoms with E-state index in [4.69, 9.17) is 9.90 Å². The van der Waals surface area contributed by atoms with Crippen LogP contribution in [-0.2, 0) is 18.4 Å². The van der Waals surface area contributed by atoms with Crippen LogP contribution in [0.2, 0.25) is 0 Å². The number of aryl methyl sites for hydroxylation is 2. The number of hydrogen-bond donors (Lipinski definition) is 2. The Balaban J connectivity index is 0.000000701. The highest BCUT2D eigenvalue weighted by Gasteiger charge is 2.26. The third-order valence-electron chi connectivity index (χ3n) is 4.34. The van der Waals surface area contributed by atoms with E-state index in [2.05, 4.69) is 38.4 Å². The van der Waals surface area contributed by atoms with Crippen LogP contribution in [0.5, 0.6) is 0 Å². The lowest BCUT2D eigenvalue weighted by molar-refractivity contribution is -0.122. The van der Waals surface area contributed by atoms with E-state index in [0.717, 1.165) is 30.9 Å². The molecule has 0 aromatic carbocycles. The lowest BCUT2D eigenvalue weighted by Crippen LogP contribution is -2.33. The monoisotopic (exact) mass is 346 g/mol. The lowest BCUT2D eigenvalue weighted by atomic mass is 9.98. The number of nitrogens with one attached hydrogen (secondary N) is 1. The second kappa shape index (κ2) is 9.12. The van der Waals surface area contributed by atoms with E-state index in [1.807, 2.05) is 31.0 Å². The Morgan fingerprint density at radius 3 is 2.84 bits per heavy atom. The largest absolute Gasteiger partial charge is 0.483 e. The standard InChI is InChI=1S/C16H24N6.CH2O2/c1-12-13(10-21(3)20-12)11-22-9-5-4-6-15(22)14-7-8-18-16(17-2)19-14;2-1-3/h7-8,10,15H,4-6,9,11H2,1-3H3,(H,17,18,19);1H,(H,2,3). The molecule has 1 saturated heterocycles. The summed E-state index contributed by atoms with van der Waals surface area (Å²) in [4.78, 5) is 19.8. The minimum Gasteiger partial charge on any atom is -0.483 e. The Labute approximate surface area is 147 Å². The number of piperidine rings is 1. The summed E-state index contributed by atoms with van der Waals surface area (Å²) in [6.07, 6.45) is 7.63. The first-order valence-electron chi connectivity index (χ1n) is 8.40. The van der Waals surface area contributed by atoms with E-state index < -0.39 is 0 Å². The molecule has 0 amide bonds. The van der Waals surface area contributed by atoms with Gasteiger partial charge in [0.15, 0.2) is 0 Å². The van der Waals surface area contributed by atoms with Gasteiger partial charge in [-0.15, -0.1) is 0 Å². The summed E-state index contributed by atoms with van der Waals surface area (Å²) in [5, 5.41) is 14.4. The van der Waals surface area contributed by atoms with E-state index in [9.17, 15) is 0 Å². The van der Waals surface area contributed by atoms with Crippen molar-refractivity contribution in [3.05, 3.63) is 35.4 Å². The topological polar surface area (TPSA) is 96.2 Å². The van der Waals surface area contributed by atoms with Crippen molar-refractivity contribution in [2.75, 3.05) is 18.9 Å². The maximum Gasteiger partial charge on any atom is 0.290 e. The van der Waals surface area contributed by atoms with Crippen molar-refractivity contribution in [1.82, 2.24) is 24.6 Å². The van der Waals surface area contributed by atoms with Gasteiger partial charge in [-0.2, -0.15) is 5.10 Å². The fourth-order valence-corrected chi connectivity index (χ4v) is 3.22.